The van der Waals surface area contributed by atoms with Gasteiger partial charge in [0.05, 0.1) is 17.8 Å². The second-order valence-corrected chi connectivity index (χ2v) is 5.61. The van der Waals surface area contributed by atoms with Crippen molar-refractivity contribution in [3.63, 3.8) is 0 Å². The van der Waals surface area contributed by atoms with Gasteiger partial charge in [0.25, 0.3) is 5.91 Å². The van der Waals surface area contributed by atoms with Gasteiger partial charge in [-0.1, -0.05) is 15.9 Å². The van der Waals surface area contributed by atoms with E-state index in [0.29, 0.717) is 24.3 Å². The van der Waals surface area contributed by atoms with Crippen LogP contribution in [0.5, 0.6) is 0 Å². The number of carbonyl (C=O) groups excluding carboxylic acids is 1. The molecule has 0 radical (unpaired) electrons. The van der Waals surface area contributed by atoms with Crippen molar-refractivity contribution < 1.29 is 9.53 Å². The lowest BCUT2D eigenvalue weighted by Gasteiger charge is -2.35. The lowest BCUT2D eigenvalue weighted by molar-refractivity contribution is -0.0585. The SMILES string of the molecule is CC1CN(C(=O)c2cc(Br)ccc2N)CC(C)O1. The largest absolute Gasteiger partial charge is 0.398 e. The van der Waals surface area contributed by atoms with Gasteiger partial charge in [0.15, 0.2) is 0 Å². The zero-order valence-electron chi connectivity index (χ0n) is 10.5. The van der Waals surface area contributed by atoms with Crippen molar-refractivity contribution >= 4 is 27.5 Å². The second kappa shape index (κ2) is 5.28. The smallest absolute Gasteiger partial charge is 0.256 e. The van der Waals surface area contributed by atoms with Crippen LogP contribution in [0.2, 0.25) is 0 Å². The van der Waals surface area contributed by atoms with Gasteiger partial charge in [-0.3, -0.25) is 4.79 Å². The average molecular weight is 313 g/mol. The summed E-state index contributed by atoms with van der Waals surface area (Å²) in [5.74, 6) is -0.0317. The first-order valence-corrected chi connectivity index (χ1v) is 6.76. The maximum atomic E-state index is 12.4. The van der Waals surface area contributed by atoms with Crippen LogP contribution < -0.4 is 5.73 Å². The van der Waals surface area contributed by atoms with Crippen molar-refractivity contribution in [1.29, 1.82) is 0 Å². The topological polar surface area (TPSA) is 55.6 Å². The first-order chi connectivity index (χ1) is 8.47. The van der Waals surface area contributed by atoms with Gasteiger partial charge in [-0.15, -0.1) is 0 Å². The number of rotatable bonds is 1. The number of ether oxygens (including phenoxy) is 1. The zero-order valence-corrected chi connectivity index (χ0v) is 12.1. The minimum atomic E-state index is -0.0317. The summed E-state index contributed by atoms with van der Waals surface area (Å²) < 4.78 is 6.48. The number of nitrogens with two attached hydrogens (primary N) is 1. The van der Waals surface area contributed by atoms with Gasteiger partial charge in [-0.2, -0.15) is 0 Å². The van der Waals surface area contributed by atoms with Gasteiger partial charge in [0, 0.05) is 23.2 Å². The molecule has 1 aliphatic heterocycles. The van der Waals surface area contributed by atoms with Crippen molar-refractivity contribution in [3.05, 3.63) is 28.2 Å². The van der Waals surface area contributed by atoms with Crippen LogP contribution >= 0.6 is 15.9 Å². The highest BCUT2D eigenvalue weighted by Crippen LogP contribution is 2.22. The number of hydrogen-bond acceptors (Lipinski definition) is 3. The van der Waals surface area contributed by atoms with E-state index in [4.69, 9.17) is 10.5 Å². The minimum Gasteiger partial charge on any atom is -0.398 e. The molecular weight excluding hydrogens is 296 g/mol. The molecule has 2 N–H and O–H groups in total. The number of amides is 1. The molecule has 18 heavy (non-hydrogen) atoms. The van der Waals surface area contributed by atoms with E-state index in [1.807, 2.05) is 19.9 Å². The highest BCUT2D eigenvalue weighted by Gasteiger charge is 2.27. The Morgan fingerprint density at radius 1 is 1.39 bits per heavy atom. The third-order valence-corrected chi connectivity index (χ3v) is 3.45. The molecule has 0 spiro atoms. The van der Waals surface area contributed by atoms with E-state index in [2.05, 4.69) is 15.9 Å². The number of anilines is 1. The number of nitrogens with zero attached hydrogens (tertiary/aromatic N) is 1. The van der Waals surface area contributed by atoms with Crippen molar-refractivity contribution in [2.45, 2.75) is 26.1 Å². The molecule has 0 bridgehead atoms. The van der Waals surface area contributed by atoms with Crippen molar-refractivity contribution in [2.75, 3.05) is 18.8 Å². The third-order valence-electron chi connectivity index (χ3n) is 2.95. The molecule has 1 fully saturated rings. The molecule has 98 valence electrons. The number of benzene rings is 1. The van der Waals surface area contributed by atoms with Gasteiger partial charge in [-0.25, -0.2) is 0 Å². The predicted octanol–water partition coefficient (Wildman–Crippen LogP) is 2.28. The Morgan fingerprint density at radius 2 is 2.00 bits per heavy atom. The molecule has 1 aromatic rings. The lowest BCUT2D eigenvalue weighted by Crippen LogP contribution is -2.48. The Kier molecular flexibility index (Phi) is 3.92. The molecule has 5 heteroatoms. The van der Waals surface area contributed by atoms with Crippen molar-refractivity contribution in [2.24, 2.45) is 0 Å². The normalized spacial score (nSPS) is 24.1. The summed E-state index contributed by atoms with van der Waals surface area (Å²) in [5.41, 5.74) is 6.92. The molecule has 2 unspecified atom stereocenters. The summed E-state index contributed by atoms with van der Waals surface area (Å²) in [6, 6.07) is 5.34. The number of hydrogen-bond donors (Lipinski definition) is 1. The average Bonchev–Trinajstić information content (AvgIpc) is 2.30. The summed E-state index contributed by atoms with van der Waals surface area (Å²) in [5, 5.41) is 0. The fourth-order valence-electron chi connectivity index (χ4n) is 2.23. The molecule has 2 rings (SSSR count). The van der Waals surface area contributed by atoms with E-state index >= 15 is 0 Å². The Hall–Kier alpha value is -1.07. The maximum Gasteiger partial charge on any atom is 0.256 e. The zero-order chi connectivity index (χ0) is 13.3. The van der Waals surface area contributed by atoms with Crippen LogP contribution in [0.15, 0.2) is 22.7 Å². The lowest BCUT2D eigenvalue weighted by atomic mass is 10.1. The molecule has 2 atom stereocenters. The minimum absolute atomic E-state index is 0.0317. The van der Waals surface area contributed by atoms with E-state index in [0.717, 1.165) is 4.47 Å². The number of nitrogen functional groups attached to an aromatic ring is 1. The number of halogens is 1. The van der Waals surface area contributed by atoms with Crippen LogP contribution in [0.25, 0.3) is 0 Å². The van der Waals surface area contributed by atoms with Crippen molar-refractivity contribution in [3.8, 4) is 0 Å². The van der Waals surface area contributed by atoms with Gasteiger partial charge in [0.1, 0.15) is 0 Å². The van der Waals surface area contributed by atoms with E-state index < -0.39 is 0 Å². The highest BCUT2D eigenvalue weighted by molar-refractivity contribution is 9.10. The Bertz CT molecular complexity index is 454. The van der Waals surface area contributed by atoms with E-state index in [1.54, 1.807) is 17.0 Å². The van der Waals surface area contributed by atoms with E-state index in [-0.39, 0.29) is 18.1 Å². The Labute approximate surface area is 115 Å². The summed E-state index contributed by atoms with van der Waals surface area (Å²) in [6.45, 7) is 5.16. The Morgan fingerprint density at radius 3 is 2.61 bits per heavy atom. The summed E-state index contributed by atoms with van der Waals surface area (Å²) in [4.78, 5) is 14.2. The second-order valence-electron chi connectivity index (χ2n) is 4.70. The Balaban J connectivity index is 2.22. The van der Waals surface area contributed by atoms with E-state index in [1.165, 1.54) is 0 Å². The molecule has 1 saturated heterocycles. The van der Waals surface area contributed by atoms with Gasteiger partial charge >= 0.3 is 0 Å². The van der Waals surface area contributed by atoms with E-state index in [9.17, 15) is 4.79 Å². The first kappa shape index (κ1) is 13.4. The monoisotopic (exact) mass is 312 g/mol. The van der Waals surface area contributed by atoms with Crippen LogP contribution in [0.3, 0.4) is 0 Å². The number of carbonyl (C=O) groups is 1. The van der Waals surface area contributed by atoms with Crippen molar-refractivity contribution in [1.82, 2.24) is 4.90 Å². The maximum absolute atomic E-state index is 12.4. The van der Waals surface area contributed by atoms with Crippen LogP contribution in [0.4, 0.5) is 5.69 Å². The van der Waals surface area contributed by atoms with Crippen LogP contribution in [0, 0.1) is 0 Å². The fourth-order valence-corrected chi connectivity index (χ4v) is 2.59. The summed E-state index contributed by atoms with van der Waals surface area (Å²) in [6.07, 6.45) is 0.122. The molecule has 1 aromatic carbocycles. The molecule has 1 amide bonds. The van der Waals surface area contributed by atoms with Gasteiger partial charge < -0.3 is 15.4 Å². The molecular formula is C13H17BrN2O2. The van der Waals surface area contributed by atoms with Gasteiger partial charge in [0.2, 0.25) is 0 Å². The molecule has 0 aromatic heterocycles. The number of morpholine rings is 1. The van der Waals surface area contributed by atoms with Crippen LogP contribution in [-0.4, -0.2) is 36.1 Å². The molecule has 0 saturated carbocycles. The molecule has 1 aliphatic rings. The molecule has 0 aliphatic carbocycles. The molecule has 4 nitrogen and oxygen atoms in total. The standard InChI is InChI=1S/C13H17BrN2O2/c1-8-6-16(7-9(2)18-8)13(17)11-5-10(14)3-4-12(11)15/h3-5,8-9H,6-7,15H2,1-2H3. The molecule has 1 heterocycles. The van der Waals surface area contributed by atoms with Crippen LogP contribution in [-0.2, 0) is 4.74 Å². The summed E-state index contributed by atoms with van der Waals surface area (Å²) >= 11 is 3.36. The quantitative estimate of drug-likeness (QED) is 0.809. The van der Waals surface area contributed by atoms with Crippen LogP contribution in [0.1, 0.15) is 24.2 Å². The predicted molar refractivity (Wildman–Crippen MR) is 74.5 cm³/mol. The first-order valence-electron chi connectivity index (χ1n) is 5.97. The fraction of sp³-hybridized carbons (Fsp3) is 0.462. The van der Waals surface area contributed by atoms with Gasteiger partial charge in [-0.05, 0) is 32.0 Å². The third kappa shape index (κ3) is 2.84. The summed E-state index contributed by atoms with van der Waals surface area (Å²) in [7, 11) is 0. The highest BCUT2D eigenvalue weighted by atomic mass is 79.9.